The van der Waals surface area contributed by atoms with Crippen molar-refractivity contribution in [1.29, 1.82) is 0 Å². The van der Waals surface area contributed by atoms with E-state index in [1.54, 1.807) is 0 Å². The summed E-state index contributed by atoms with van der Waals surface area (Å²) in [7, 11) is 0. The quantitative estimate of drug-likeness (QED) is 0.805. The van der Waals surface area contributed by atoms with Crippen LogP contribution < -0.4 is 5.32 Å². The maximum absolute atomic E-state index is 9.12. The van der Waals surface area contributed by atoms with Crippen molar-refractivity contribution in [2.24, 2.45) is 0 Å². The van der Waals surface area contributed by atoms with E-state index in [4.69, 9.17) is 5.11 Å². The minimum absolute atomic E-state index is 0.259. The lowest BCUT2D eigenvalue weighted by molar-refractivity contribution is 0.265. The average Bonchev–Trinajstić information content (AvgIpc) is 2.86. The number of hydrogen-bond donors (Lipinski definition) is 2. The Hall–Kier alpha value is -0.510. The molecule has 2 N–H and O–H groups in total. The summed E-state index contributed by atoms with van der Waals surface area (Å²) >= 11 is 1.83. The number of hydrogen-bond acceptors (Lipinski definition) is 3. The van der Waals surface area contributed by atoms with Gasteiger partial charge in [-0.2, -0.15) is 11.8 Å². The van der Waals surface area contributed by atoms with Crippen LogP contribution in [0.2, 0.25) is 0 Å². The third-order valence-corrected chi connectivity index (χ3v) is 4.69. The van der Waals surface area contributed by atoms with Gasteiger partial charge in [-0.25, -0.2) is 0 Å². The van der Waals surface area contributed by atoms with E-state index in [1.807, 2.05) is 11.8 Å². The van der Waals surface area contributed by atoms with Crippen LogP contribution in [-0.2, 0) is 12.8 Å². The van der Waals surface area contributed by atoms with Gasteiger partial charge in [-0.05, 0) is 55.6 Å². The molecule has 0 aromatic heterocycles. The predicted octanol–water partition coefficient (Wildman–Crippen LogP) is 2.94. The molecule has 0 spiro atoms. The molecular weight excluding hydrogens is 254 g/mol. The minimum atomic E-state index is 0.259. The number of nitrogens with one attached hydrogen (secondary N) is 1. The third kappa shape index (κ3) is 3.98. The molecule has 0 amide bonds. The molecule has 1 aliphatic rings. The van der Waals surface area contributed by atoms with Crippen molar-refractivity contribution in [3.63, 3.8) is 0 Å². The number of aliphatic hydroxyl groups is 1. The van der Waals surface area contributed by atoms with Crippen molar-refractivity contribution in [2.45, 2.75) is 44.7 Å². The maximum Gasteiger partial charge on any atom is 0.0446 e. The first-order valence-corrected chi connectivity index (χ1v) is 8.61. The molecule has 1 aromatic rings. The molecule has 0 fully saturated rings. The van der Waals surface area contributed by atoms with E-state index in [0.717, 1.165) is 12.2 Å². The molecule has 2 rings (SSSR count). The monoisotopic (exact) mass is 279 g/mol. The van der Waals surface area contributed by atoms with E-state index in [-0.39, 0.29) is 6.61 Å². The molecule has 106 valence electrons. The molecule has 2 atom stereocenters. The van der Waals surface area contributed by atoms with E-state index in [2.05, 4.69) is 36.7 Å². The maximum atomic E-state index is 9.12. The molecule has 2 nitrogen and oxygen atoms in total. The Morgan fingerprint density at radius 2 is 2.11 bits per heavy atom. The fourth-order valence-electron chi connectivity index (χ4n) is 2.88. The molecule has 3 heteroatoms. The zero-order chi connectivity index (χ0) is 13.7. The number of thioether (sulfide) groups is 1. The lowest BCUT2D eigenvalue weighted by atomic mass is 10.0. The zero-order valence-corrected chi connectivity index (χ0v) is 12.8. The van der Waals surface area contributed by atoms with Gasteiger partial charge >= 0.3 is 0 Å². The van der Waals surface area contributed by atoms with E-state index < -0.39 is 0 Å². The second-order valence-electron chi connectivity index (χ2n) is 5.43. The van der Waals surface area contributed by atoms with Crippen LogP contribution in [0.5, 0.6) is 0 Å². The zero-order valence-electron chi connectivity index (χ0n) is 12.0. The summed E-state index contributed by atoms with van der Waals surface area (Å²) in [5, 5.41) is 12.8. The molecule has 0 aliphatic heterocycles. The van der Waals surface area contributed by atoms with Crippen LogP contribution in [0.4, 0.5) is 0 Å². The van der Waals surface area contributed by atoms with Crippen molar-refractivity contribution in [3.05, 3.63) is 34.9 Å². The highest BCUT2D eigenvalue weighted by Crippen LogP contribution is 2.25. The summed E-state index contributed by atoms with van der Waals surface area (Å²) in [6.45, 7) is 2.48. The standard InChI is InChI=1S/C16H25NOS/c1-12(17-16(8-9-18)11-19-2)14-7-6-13-4-3-5-15(13)10-14/h6-7,10,12,16-18H,3-5,8-9,11H2,1-2H3. The Bertz CT molecular complexity index is 402. The summed E-state index contributed by atoms with van der Waals surface area (Å²) in [6.07, 6.45) is 6.74. The topological polar surface area (TPSA) is 32.3 Å². The largest absolute Gasteiger partial charge is 0.396 e. The van der Waals surface area contributed by atoms with Crippen LogP contribution in [0.15, 0.2) is 18.2 Å². The molecule has 0 bridgehead atoms. The van der Waals surface area contributed by atoms with Gasteiger partial charge in [-0.1, -0.05) is 18.2 Å². The van der Waals surface area contributed by atoms with Gasteiger partial charge in [0, 0.05) is 24.4 Å². The Labute approximate surface area is 121 Å². The van der Waals surface area contributed by atoms with Crippen molar-refractivity contribution >= 4 is 11.8 Å². The van der Waals surface area contributed by atoms with E-state index in [0.29, 0.717) is 12.1 Å². The van der Waals surface area contributed by atoms with Crippen LogP contribution >= 0.6 is 11.8 Å². The van der Waals surface area contributed by atoms with Gasteiger partial charge in [0.15, 0.2) is 0 Å². The number of aryl methyl sites for hydroxylation is 2. The number of benzene rings is 1. The van der Waals surface area contributed by atoms with Crippen LogP contribution in [-0.4, -0.2) is 29.8 Å². The second-order valence-corrected chi connectivity index (χ2v) is 6.35. The van der Waals surface area contributed by atoms with Crippen LogP contribution in [0.3, 0.4) is 0 Å². The van der Waals surface area contributed by atoms with E-state index in [9.17, 15) is 0 Å². The van der Waals surface area contributed by atoms with Crippen molar-refractivity contribution < 1.29 is 5.11 Å². The average molecular weight is 279 g/mol. The van der Waals surface area contributed by atoms with E-state index >= 15 is 0 Å². The number of fused-ring (bicyclic) bond motifs is 1. The van der Waals surface area contributed by atoms with Gasteiger partial charge in [0.2, 0.25) is 0 Å². The Morgan fingerprint density at radius 3 is 2.84 bits per heavy atom. The smallest absolute Gasteiger partial charge is 0.0446 e. The highest BCUT2D eigenvalue weighted by Gasteiger charge is 2.16. The molecule has 0 saturated heterocycles. The normalized spacial score (nSPS) is 17.2. The SMILES string of the molecule is CSCC(CCO)NC(C)c1ccc2c(c1)CCC2. The number of rotatable bonds is 7. The van der Waals surface area contributed by atoms with Crippen LogP contribution in [0.25, 0.3) is 0 Å². The molecule has 0 radical (unpaired) electrons. The Morgan fingerprint density at radius 1 is 1.32 bits per heavy atom. The summed E-state index contributed by atoms with van der Waals surface area (Å²) < 4.78 is 0. The lowest BCUT2D eigenvalue weighted by Gasteiger charge is -2.23. The van der Waals surface area contributed by atoms with Crippen LogP contribution in [0.1, 0.15) is 42.5 Å². The summed E-state index contributed by atoms with van der Waals surface area (Å²) in [6, 6.07) is 7.68. The van der Waals surface area contributed by atoms with Crippen molar-refractivity contribution in [3.8, 4) is 0 Å². The fraction of sp³-hybridized carbons (Fsp3) is 0.625. The summed E-state index contributed by atoms with van der Waals surface area (Å²) in [5.41, 5.74) is 4.45. The fourth-order valence-corrected chi connectivity index (χ4v) is 3.55. The van der Waals surface area contributed by atoms with Gasteiger partial charge in [0.25, 0.3) is 0 Å². The third-order valence-electron chi connectivity index (χ3n) is 3.95. The van der Waals surface area contributed by atoms with E-state index in [1.165, 1.54) is 36.0 Å². The molecule has 0 heterocycles. The molecule has 19 heavy (non-hydrogen) atoms. The molecule has 1 aromatic carbocycles. The summed E-state index contributed by atoms with van der Waals surface area (Å²) in [5.74, 6) is 1.05. The summed E-state index contributed by atoms with van der Waals surface area (Å²) in [4.78, 5) is 0. The van der Waals surface area contributed by atoms with Gasteiger partial charge in [-0.15, -0.1) is 0 Å². The minimum Gasteiger partial charge on any atom is -0.396 e. The molecule has 1 aliphatic carbocycles. The van der Waals surface area contributed by atoms with Gasteiger partial charge in [-0.3, -0.25) is 0 Å². The Kier molecular flexibility index (Phi) is 5.74. The first kappa shape index (κ1) is 14.9. The van der Waals surface area contributed by atoms with Crippen LogP contribution in [0, 0.1) is 0 Å². The number of aliphatic hydroxyl groups excluding tert-OH is 1. The highest BCUT2D eigenvalue weighted by molar-refractivity contribution is 7.98. The lowest BCUT2D eigenvalue weighted by Crippen LogP contribution is -2.34. The van der Waals surface area contributed by atoms with Gasteiger partial charge in [0.05, 0.1) is 0 Å². The Balaban J connectivity index is 2.00. The van der Waals surface area contributed by atoms with Crippen molar-refractivity contribution in [1.82, 2.24) is 5.32 Å². The molecule has 2 unspecified atom stereocenters. The molecule has 0 saturated carbocycles. The first-order valence-electron chi connectivity index (χ1n) is 7.22. The van der Waals surface area contributed by atoms with Gasteiger partial charge in [0.1, 0.15) is 0 Å². The second kappa shape index (κ2) is 7.32. The predicted molar refractivity (Wildman–Crippen MR) is 83.9 cm³/mol. The first-order chi connectivity index (χ1) is 9.24. The van der Waals surface area contributed by atoms with Gasteiger partial charge < -0.3 is 10.4 Å². The molecular formula is C16H25NOS. The van der Waals surface area contributed by atoms with Crippen molar-refractivity contribution in [2.75, 3.05) is 18.6 Å². The highest BCUT2D eigenvalue weighted by atomic mass is 32.2.